The molecule has 0 aliphatic carbocycles. The van der Waals surface area contributed by atoms with Crippen LogP contribution in [-0.4, -0.2) is 20.2 Å². The molecule has 18 heavy (non-hydrogen) atoms. The van der Waals surface area contributed by atoms with E-state index in [4.69, 9.17) is 18.1 Å². The Morgan fingerprint density at radius 1 is 1.39 bits per heavy atom. The fraction of sp³-hybridized carbons (Fsp3) is 0. The third kappa shape index (κ3) is 2.40. The first-order valence-corrected chi connectivity index (χ1v) is 5.98. The molecular weight excluding hydrogens is 274 g/mol. The second-order valence-electron chi connectivity index (χ2n) is 3.40. The number of benzene rings is 1. The first-order valence-electron chi connectivity index (χ1n) is 4.76. The molecule has 0 saturated carbocycles. The summed E-state index contributed by atoms with van der Waals surface area (Å²) >= 11 is 5.98. The number of carbonyl (C=O) groups excluding carboxylic acids is 1. The summed E-state index contributed by atoms with van der Waals surface area (Å²) in [5, 5.41) is 11.4. The Bertz CT molecular complexity index is 568. The summed E-state index contributed by atoms with van der Waals surface area (Å²) in [7, 11) is 0. The van der Waals surface area contributed by atoms with Gasteiger partial charge in [-0.1, -0.05) is 24.0 Å². The van der Waals surface area contributed by atoms with Gasteiger partial charge in [-0.05, 0) is 23.8 Å². The topological polar surface area (TPSA) is 89.5 Å². The number of hydrazine groups is 1. The van der Waals surface area contributed by atoms with Crippen molar-refractivity contribution in [3.63, 3.8) is 0 Å². The summed E-state index contributed by atoms with van der Waals surface area (Å²) in [6, 6.07) is 5.85. The molecule has 8 heteroatoms. The lowest BCUT2D eigenvalue weighted by molar-refractivity contribution is -0.384. The van der Waals surface area contributed by atoms with Gasteiger partial charge in [-0.2, -0.15) is 0 Å². The first-order chi connectivity index (χ1) is 8.49. The van der Waals surface area contributed by atoms with Crippen LogP contribution < -0.4 is 5.84 Å². The van der Waals surface area contributed by atoms with E-state index in [1.165, 1.54) is 12.1 Å². The largest absolute Gasteiger partial charge is 0.280 e. The third-order valence-electron chi connectivity index (χ3n) is 2.23. The summed E-state index contributed by atoms with van der Waals surface area (Å²) in [5.74, 6) is 5.05. The van der Waals surface area contributed by atoms with Crippen molar-refractivity contribution in [1.29, 1.82) is 0 Å². The second-order valence-corrected chi connectivity index (χ2v) is 5.08. The van der Waals surface area contributed by atoms with E-state index < -0.39 is 4.92 Å². The van der Waals surface area contributed by atoms with Gasteiger partial charge >= 0.3 is 0 Å². The van der Waals surface area contributed by atoms with Crippen LogP contribution in [0.1, 0.15) is 5.56 Å². The van der Waals surface area contributed by atoms with Gasteiger partial charge in [0.2, 0.25) is 0 Å². The number of hydrogen-bond donors (Lipinski definition) is 1. The summed E-state index contributed by atoms with van der Waals surface area (Å²) < 4.78 is 0.285. The number of nitro benzene ring substituents is 1. The van der Waals surface area contributed by atoms with Gasteiger partial charge in [0, 0.05) is 12.1 Å². The number of nitrogens with two attached hydrogens (primary N) is 1. The molecule has 1 aromatic rings. The lowest BCUT2D eigenvalue weighted by Crippen LogP contribution is -2.34. The smallest absolute Gasteiger partial charge is 0.267 e. The number of hydrogen-bond acceptors (Lipinski definition) is 6. The molecule has 6 nitrogen and oxygen atoms in total. The van der Waals surface area contributed by atoms with Crippen molar-refractivity contribution in [2.75, 3.05) is 0 Å². The summed E-state index contributed by atoms with van der Waals surface area (Å²) in [5.41, 5.74) is 0.674. The number of thioether (sulfide) groups is 1. The molecule has 2 rings (SSSR count). The van der Waals surface area contributed by atoms with Crippen LogP contribution in [0, 0.1) is 10.1 Å². The van der Waals surface area contributed by atoms with Gasteiger partial charge in [0.05, 0.1) is 9.83 Å². The molecule has 0 atom stereocenters. The Labute approximate surface area is 112 Å². The standard InChI is InChI=1S/C10H7N3O3S2/c11-12-9(14)8(18-10(12)17)5-6-1-3-7(4-2-6)13(15)16/h1-5H,11H2. The van der Waals surface area contributed by atoms with Crippen LogP contribution in [0.3, 0.4) is 0 Å². The zero-order valence-electron chi connectivity index (χ0n) is 8.90. The lowest BCUT2D eigenvalue weighted by atomic mass is 10.2. The molecule has 1 aliphatic heterocycles. The highest BCUT2D eigenvalue weighted by atomic mass is 32.2. The number of nitrogens with zero attached hydrogens (tertiary/aromatic N) is 2. The van der Waals surface area contributed by atoms with E-state index in [0.29, 0.717) is 10.5 Å². The normalized spacial score (nSPS) is 17.6. The van der Waals surface area contributed by atoms with Crippen molar-refractivity contribution in [2.24, 2.45) is 5.84 Å². The predicted octanol–water partition coefficient (Wildman–Crippen LogP) is 1.67. The molecule has 0 bridgehead atoms. The Balaban J connectivity index is 2.26. The number of rotatable bonds is 2. The molecule has 1 heterocycles. The average molecular weight is 281 g/mol. The van der Waals surface area contributed by atoms with Gasteiger partial charge in [0.25, 0.3) is 11.6 Å². The van der Waals surface area contributed by atoms with Crippen molar-refractivity contribution < 1.29 is 9.72 Å². The zero-order chi connectivity index (χ0) is 13.3. The van der Waals surface area contributed by atoms with Crippen molar-refractivity contribution in [2.45, 2.75) is 0 Å². The van der Waals surface area contributed by atoms with Crippen molar-refractivity contribution in [3.05, 3.63) is 44.8 Å². The van der Waals surface area contributed by atoms with Gasteiger partial charge in [-0.15, -0.1) is 0 Å². The fourth-order valence-corrected chi connectivity index (χ4v) is 2.43. The van der Waals surface area contributed by atoms with Crippen molar-refractivity contribution in [3.8, 4) is 0 Å². The molecule has 1 saturated heterocycles. The first kappa shape index (κ1) is 12.7. The highest BCUT2D eigenvalue weighted by molar-refractivity contribution is 8.26. The molecule has 2 N–H and O–H groups in total. The SMILES string of the molecule is NN1C(=O)C(=Cc2ccc([N+](=O)[O-])cc2)SC1=S. The van der Waals surface area contributed by atoms with Crippen molar-refractivity contribution in [1.82, 2.24) is 5.01 Å². The number of carbonyl (C=O) groups is 1. The number of amides is 1. The molecular formula is C10H7N3O3S2. The Morgan fingerprint density at radius 3 is 2.44 bits per heavy atom. The molecule has 0 radical (unpaired) electrons. The molecule has 1 aliphatic rings. The average Bonchev–Trinajstić information content (AvgIpc) is 2.58. The fourth-order valence-electron chi connectivity index (χ4n) is 1.32. The number of non-ortho nitro benzene ring substituents is 1. The van der Waals surface area contributed by atoms with Gasteiger partial charge < -0.3 is 0 Å². The second kappa shape index (κ2) is 4.84. The van der Waals surface area contributed by atoms with Crippen LogP contribution in [0.15, 0.2) is 29.2 Å². The van der Waals surface area contributed by atoms with E-state index in [9.17, 15) is 14.9 Å². The van der Waals surface area contributed by atoms with E-state index in [1.54, 1.807) is 18.2 Å². The predicted molar refractivity (Wildman–Crippen MR) is 72.3 cm³/mol. The Kier molecular flexibility index (Phi) is 3.41. The minimum atomic E-state index is -0.483. The zero-order valence-corrected chi connectivity index (χ0v) is 10.5. The third-order valence-corrected chi connectivity index (χ3v) is 3.56. The van der Waals surface area contributed by atoms with E-state index in [2.05, 4.69) is 0 Å². The summed E-state index contributed by atoms with van der Waals surface area (Å²) in [6.45, 7) is 0. The van der Waals surface area contributed by atoms with E-state index >= 15 is 0 Å². The van der Waals surface area contributed by atoms with Crippen LogP contribution in [0.2, 0.25) is 0 Å². The molecule has 1 aromatic carbocycles. The molecule has 1 amide bonds. The van der Waals surface area contributed by atoms with Gasteiger partial charge in [0.1, 0.15) is 0 Å². The number of thiocarbonyl (C=S) groups is 1. The Hall–Kier alpha value is -1.77. The van der Waals surface area contributed by atoms with Gasteiger partial charge in [0.15, 0.2) is 4.32 Å². The summed E-state index contributed by atoms with van der Waals surface area (Å²) in [4.78, 5) is 22.0. The quantitative estimate of drug-likeness (QED) is 0.221. The van der Waals surface area contributed by atoms with Crippen LogP contribution in [-0.2, 0) is 4.79 Å². The maximum absolute atomic E-state index is 11.6. The minimum Gasteiger partial charge on any atom is -0.267 e. The van der Waals surface area contributed by atoms with Crippen LogP contribution in [0.25, 0.3) is 6.08 Å². The van der Waals surface area contributed by atoms with E-state index in [1.807, 2.05) is 0 Å². The van der Waals surface area contributed by atoms with Gasteiger partial charge in [-0.3, -0.25) is 14.9 Å². The molecule has 1 fully saturated rings. The molecule has 0 spiro atoms. The Morgan fingerprint density at radius 2 is 2.00 bits per heavy atom. The maximum atomic E-state index is 11.6. The molecule has 0 aromatic heterocycles. The molecule has 92 valence electrons. The molecule has 0 unspecified atom stereocenters. The summed E-state index contributed by atoms with van der Waals surface area (Å²) in [6.07, 6.45) is 1.59. The lowest BCUT2D eigenvalue weighted by Gasteiger charge is -2.02. The number of nitro groups is 1. The van der Waals surface area contributed by atoms with E-state index in [0.717, 1.165) is 16.8 Å². The van der Waals surface area contributed by atoms with E-state index in [-0.39, 0.29) is 15.9 Å². The maximum Gasteiger partial charge on any atom is 0.280 e. The monoisotopic (exact) mass is 281 g/mol. The van der Waals surface area contributed by atoms with Crippen LogP contribution in [0.5, 0.6) is 0 Å². The highest BCUT2D eigenvalue weighted by Crippen LogP contribution is 2.30. The minimum absolute atomic E-state index is 0.00137. The highest BCUT2D eigenvalue weighted by Gasteiger charge is 2.29. The van der Waals surface area contributed by atoms with Crippen LogP contribution >= 0.6 is 24.0 Å². The van der Waals surface area contributed by atoms with Gasteiger partial charge in [-0.25, -0.2) is 10.9 Å². The van der Waals surface area contributed by atoms with Crippen molar-refractivity contribution >= 4 is 46.0 Å². The van der Waals surface area contributed by atoms with Crippen LogP contribution in [0.4, 0.5) is 5.69 Å².